The Balaban J connectivity index is 1.97. The molecule has 0 aliphatic heterocycles. The second-order valence-electron chi connectivity index (χ2n) is 7.90. The number of nitrogens with one attached hydrogen (secondary N) is 1. The smallest absolute Gasteiger partial charge is 0.416 e. The number of methoxy groups -OCH3 is 1. The Hall–Kier alpha value is -3.53. The lowest BCUT2D eigenvalue weighted by Crippen LogP contribution is -2.41. The number of halogens is 3. The van der Waals surface area contributed by atoms with Gasteiger partial charge in [0.15, 0.2) is 0 Å². The van der Waals surface area contributed by atoms with E-state index in [1.807, 2.05) is 0 Å². The number of benzene rings is 3. The SMILES string of the molecule is COc1ccccc1[C@@H](C)NC(=O)CN(c1cccc(C(F)(F)F)c1)S(=O)(=O)c1ccc(C)cc1. The van der Waals surface area contributed by atoms with Crippen LogP contribution in [-0.4, -0.2) is 28.0 Å². The number of nitrogens with zero attached hydrogens (tertiary/aromatic N) is 1. The van der Waals surface area contributed by atoms with E-state index < -0.39 is 40.3 Å². The standard InChI is InChI=1S/C25H25F3N2O4S/c1-17-11-13-21(14-12-17)35(32,33)30(20-8-6-7-19(15-20)25(26,27)28)16-24(31)29-18(2)22-9-4-5-10-23(22)34-3/h4-15,18H,16H2,1-3H3,(H,29,31)/t18-/m1/s1. The van der Waals surface area contributed by atoms with Crippen molar-refractivity contribution in [2.45, 2.75) is 31.0 Å². The number of carbonyl (C=O) groups is 1. The van der Waals surface area contributed by atoms with E-state index in [4.69, 9.17) is 4.74 Å². The average molecular weight is 507 g/mol. The number of hydrogen-bond donors (Lipinski definition) is 1. The zero-order valence-corrected chi connectivity index (χ0v) is 20.2. The number of hydrogen-bond acceptors (Lipinski definition) is 4. The highest BCUT2D eigenvalue weighted by Crippen LogP contribution is 2.33. The van der Waals surface area contributed by atoms with Crippen molar-refractivity contribution in [2.75, 3.05) is 18.0 Å². The van der Waals surface area contributed by atoms with Crippen molar-refractivity contribution < 1.29 is 31.1 Å². The van der Waals surface area contributed by atoms with Crippen molar-refractivity contribution >= 4 is 21.6 Å². The molecule has 0 aromatic heterocycles. The van der Waals surface area contributed by atoms with E-state index in [1.54, 1.807) is 50.2 Å². The first-order chi connectivity index (χ1) is 16.4. The molecular formula is C25H25F3N2O4S. The highest BCUT2D eigenvalue weighted by molar-refractivity contribution is 7.92. The van der Waals surface area contributed by atoms with Gasteiger partial charge in [-0.25, -0.2) is 8.42 Å². The van der Waals surface area contributed by atoms with Crippen LogP contribution < -0.4 is 14.4 Å². The van der Waals surface area contributed by atoms with Crippen LogP contribution in [0.5, 0.6) is 5.75 Å². The molecule has 3 aromatic rings. The summed E-state index contributed by atoms with van der Waals surface area (Å²) in [7, 11) is -2.88. The molecule has 3 aromatic carbocycles. The number of amides is 1. The third kappa shape index (κ3) is 6.13. The fourth-order valence-electron chi connectivity index (χ4n) is 3.51. The highest BCUT2D eigenvalue weighted by Gasteiger charge is 2.33. The van der Waals surface area contributed by atoms with Crippen LogP contribution in [0.2, 0.25) is 0 Å². The molecule has 0 fully saturated rings. The summed E-state index contributed by atoms with van der Waals surface area (Å²) >= 11 is 0. The third-order valence-electron chi connectivity index (χ3n) is 5.34. The van der Waals surface area contributed by atoms with E-state index in [-0.39, 0.29) is 10.6 Å². The van der Waals surface area contributed by atoms with Gasteiger partial charge in [-0.3, -0.25) is 9.10 Å². The van der Waals surface area contributed by atoms with Crippen LogP contribution in [0.1, 0.15) is 29.7 Å². The molecule has 0 heterocycles. The predicted molar refractivity (Wildman–Crippen MR) is 127 cm³/mol. The van der Waals surface area contributed by atoms with E-state index in [0.29, 0.717) is 21.7 Å². The van der Waals surface area contributed by atoms with Crippen LogP contribution >= 0.6 is 0 Å². The Kier molecular flexibility index (Phi) is 7.74. The summed E-state index contributed by atoms with van der Waals surface area (Å²) in [6, 6.07) is 16.1. The Bertz CT molecular complexity index is 1290. The molecule has 35 heavy (non-hydrogen) atoms. The second kappa shape index (κ2) is 10.4. The van der Waals surface area contributed by atoms with E-state index in [2.05, 4.69) is 5.32 Å². The van der Waals surface area contributed by atoms with Gasteiger partial charge in [0.1, 0.15) is 12.3 Å². The third-order valence-corrected chi connectivity index (χ3v) is 7.13. The molecule has 0 aliphatic rings. The van der Waals surface area contributed by atoms with Crippen LogP contribution in [0.4, 0.5) is 18.9 Å². The van der Waals surface area contributed by atoms with Crippen molar-refractivity contribution in [3.05, 3.63) is 89.5 Å². The quantitative estimate of drug-likeness (QED) is 0.462. The van der Waals surface area contributed by atoms with Crippen LogP contribution in [-0.2, 0) is 21.0 Å². The van der Waals surface area contributed by atoms with Crippen molar-refractivity contribution in [1.29, 1.82) is 0 Å². The highest BCUT2D eigenvalue weighted by atomic mass is 32.2. The molecule has 10 heteroatoms. The molecule has 0 saturated carbocycles. The number of ether oxygens (including phenoxy) is 1. The minimum absolute atomic E-state index is 0.147. The van der Waals surface area contributed by atoms with Crippen molar-refractivity contribution in [1.82, 2.24) is 5.32 Å². The van der Waals surface area contributed by atoms with Crippen molar-refractivity contribution in [3.63, 3.8) is 0 Å². The molecule has 186 valence electrons. The molecule has 0 aliphatic carbocycles. The first kappa shape index (κ1) is 26.1. The van der Waals surface area contributed by atoms with Crippen LogP contribution in [0.15, 0.2) is 77.7 Å². The zero-order chi connectivity index (χ0) is 25.8. The maximum atomic E-state index is 13.4. The van der Waals surface area contributed by atoms with E-state index in [9.17, 15) is 26.4 Å². The number of carbonyl (C=O) groups excluding carboxylic acids is 1. The summed E-state index contributed by atoms with van der Waals surface area (Å²) < 4.78 is 72.9. The summed E-state index contributed by atoms with van der Waals surface area (Å²) in [4.78, 5) is 12.8. The van der Waals surface area contributed by atoms with Gasteiger partial charge < -0.3 is 10.1 Å². The summed E-state index contributed by atoms with van der Waals surface area (Å²) in [5.41, 5.74) is 0.163. The van der Waals surface area contributed by atoms with Gasteiger partial charge in [-0.05, 0) is 50.2 Å². The molecule has 1 N–H and O–H groups in total. The maximum absolute atomic E-state index is 13.4. The number of anilines is 1. The molecule has 1 atom stereocenters. The number of aryl methyl sites for hydroxylation is 1. The second-order valence-corrected chi connectivity index (χ2v) is 9.77. The topological polar surface area (TPSA) is 75.7 Å². The first-order valence-electron chi connectivity index (χ1n) is 10.6. The molecule has 3 rings (SSSR count). The number of sulfonamides is 1. The number of para-hydroxylation sites is 1. The monoisotopic (exact) mass is 506 g/mol. The van der Waals surface area contributed by atoms with E-state index in [0.717, 1.165) is 17.7 Å². The molecule has 1 amide bonds. The number of alkyl halides is 3. The molecule has 0 spiro atoms. The lowest BCUT2D eigenvalue weighted by atomic mass is 10.1. The molecule has 0 radical (unpaired) electrons. The van der Waals surface area contributed by atoms with Gasteiger partial charge in [-0.1, -0.05) is 42.0 Å². The molecular weight excluding hydrogens is 481 g/mol. The van der Waals surface area contributed by atoms with Crippen LogP contribution in [0.3, 0.4) is 0 Å². The van der Waals surface area contributed by atoms with Crippen molar-refractivity contribution in [3.8, 4) is 5.75 Å². The summed E-state index contributed by atoms with van der Waals surface area (Å²) in [5, 5.41) is 2.70. The van der Waals surface area contributed by atoms with Gasteiger partial charge in [0.2, 0.25) is 5.91 Å². The Morgan fingerprint density at radius 2 is 1.69 bits per heavy atom. The normalized spacial score (nSPS) is 12.6. The molecule has 0 bridgehead atoms. The van der Waals surface area contributed by atoms with E-state index in [1.165, 1.54) is 25.3 Å². The molecule has 0 saturated heterocycles. The van der Waals surface area contributed by atoms with Gasteiger partial charge in [0.25, 0.3) is 10.0 Å². The predicted octanol–water partition coefficient (Wildman–Crippen LogP) is 5.10. The Morgan fingerprint density at radius 1 is 1.03 bits per heavy atom. The van der Waals surface area contributed by atoms with Gasteiger partial charge in [0, 0.05) is 5.56 Å². The fraction of sp³-hybridized carbons (Fsp3) is 0.240. The minimum Gasteiger partial charge on any atom is -0.496 e. The van der Waals surface area contributed by atoms with E-state index >= 15 is 0 Å². The molecule has 6 nitrogen and oxygen atoms in total. The van der Waals surface area contributed by atoms with Crippen LogP contribution in [0.25, 0.3) is 0 Å². The van der Waals surface area contributed by atoms with Crippen molar-refractivity contribution in [2.24, 2.45) is 0 Å². The lowest BCUT2D eigenvalue weighted by molar-refractivity contribution is -0.137. The lowest BCUT2D eigenvalue weighted by Gasteiger charge is -2.26. The maximum Gasteiger partial charge on any atom is 0.416 e. The average Bonchev–Trinajstić information content (AvgIpc) is 2.82. The molecule has 0 unspecified atom stereocenters. The Morgan fingerprint density at radius 3 is 2.31 bits per heavy atom. The largest absolute Gasteiger partial charge is 0.496 e. The Labute approximate surface area is 202 Å². The van der Waals surface area contributed by atoms with Gasteiger partial charge >= 0.3 is 6.18 Å². The fourth-order valence-corrected chi connectivity index (χ4v) is 4.92. The summed E-state index contributed by atoms with van der Waals surface area (Å²) in [5.74, 6) is -0.168. The zero-order valence-electron chi connectivity index (χ0n) is 19.3. The summed E-state index contributed by atoms with van der Waals surface area (Å²) in [6.45, 7) is 2.74. The summed E-state index contributed by atoms with van der Waals surface area (Å²) in [6.07, 6.45) is -4.68. The minimum atomic E-state index is -4.68. The first-order valence-corrected chi connectivity index (χ1v) is 12.1. The van der Waals surface area contributed by atoms with Crippen LogP contribution in [0, 0.1) is 6.92 Å². The van der Waals surface area contributed by atoms with Gasteiger partial charge in [-0.15, -0.1) is 0 Å². The van der Waals surface area contributed by atoms with Gasteiger partial charge in [0.05, 0.1) is 29.3 Å². The van der Waals surface area contributed by atoms with Gasteiger partial charge in [-0.2, -0.15) is 13.2 Å². The number of rotatable bonds is 8.